The molecule has 1 fully saturated rings. The molecule has 7 nitrogen and oxygen atoms in total. The number of nitrogens with one attached hydrogen (secondary N) is 1. The maximum absolute atomic E-state index is 12.8. The van der Waals surface area contributed by atoms with Crippen LogP contribution in [0.3, 0.4) is 0 Å². The second-order valence-electron chi connectivity index (χ2n) is 6.90. The van der Waals surface area contributed by atoms with Gasteiger partial charge in [0.1, 0.15) is 5.76 Å². The van der Waals surface area contributed by atoms with Gasteiger partial charge in [-0.15, -0.1) is 5.10 Å². The normalized spacial score (nSPS) is 15.6. The van der Waals surface area contributed by atoms with Crippen molar-refractivity contribution in [2.24, 2.45) is 0 Å². The summed E-state index contributed by atoms with van der Waals surface area (Å²) in [5.74, 6) is 0.645. The molecule has 3 aromatic rings. The Balaban J connectivity index is 1.49. The van der Waals surface area contributed by atoms with E-state index in [4.69, 9.17) is 4.42 Å². The Morgan fingerprint density at radius 2 is 2.11 bits per heavy atom. The van der Waals surface area contributed by atoms with E-state index in [1.165, 1.54) is 12.8 Å². The van der Waals surface area contributed by atoms with E-state index in [0.717, 1.165) is 29.0 Å². The van der Waals surface area contributed by atoms with Crippen LogP contribution >= 0.6 is 15.9 Å². The number of hydrogen-bond acceptors (Lipinski definition) is 5. The van der Waals surface area contributed by atoms with E-state index in [2.05, 4.69) is 36.5 Å². The van der Waals surface area contributed by atoms with Gasteiger partial charge in [-0.25, -0.2) is 4.68 Å². The zero-order valence-electron chi connectivity index (χ0n) is 15.6. The summed E-state index contributed by atoms with van der Waals surface area (Å²) in [6, 6.07) is 11.6. The highest BCUT2D eigenvalue weighted by Gasteiger charge is 2.27. The summed E-state index contributed by atoms with van der Waals surface area (Å²) in [6.45, 7) is 4.34. The number of carbonyl (C=O) groups excluding carboxylic acids is 1. The predicted molar refractivity (Wildman–Crippen MR) is 108 cm³/mol. The standard InChI is InChI=1S/C20H22BrN5O2/c1-14-19(23-24-26(14)16-7-4-6-15(21)12-16)20(27)22-13-17(18-8-5-11-28-18)25-9-2-3-10-25/h4-8,11-12,17H,2-3,9-10,13H2,1H3,(H,22,27). The fourth-order valence-corrected chi connectivity index (χ4v) is 4.00. The van der Waals surface area contributed by atoms with Crippen molar-refractivity contribution in [3.05, 3.63) is 64.3 Å². The first-order valence-electron chi connectivity index (χ1n) is 9.37. The summed E-state index contributed by atoms with van der Waals surface area (Å²) in [5.41, 5.74) is 1.88. The highest BCUT2D eigenvalue weighted by Crippen LogP contribution is 2.25. The summed E-state index contributed by atoms with van der Waals surface area (Å²) in [5, 5.41) is 11.3. The van der Waals surface area contributed by atoms with Gasteiger partial charge in [-0.2, -0.15) is 0 Å². The van der Waals surface area contributed by atoms with Gasteiger partial charge < -0.3 is 9.73 Å². The van der Waals surface area contributed by atoms with Gasteiger partial charge in [0.2, 0.25) is 0 Å². The van der Waals surface area contributed by atoms with E-state index in [-0.39, 0.29) is 11.9 Å². The average molecular weight is 444 g/mol. The second kappa shape index (κ2) is 8.28. The van der Waals surface area contributed by atoms with Crippen LogP contribution in [0.15, 0.2) is 51.6 Å². The molecule has 0 bridgehead atoms. The smallest absolute Gasteiger partial charge is 0.273 e. The number of halogens is 1. The number of benzene rings is 1. The fourth-order valence-electron chi connectivity index (χ4n) is 3.61. The number of nitrogens with zero attached hydrogens (tertiary/aromatic N) is 4. The molecule has 1 saturated heterocycles. The largest absolute Gasteiger partial charge is 0.468 e. The molecule has 0 spiro atoms. The Morgan fingerprint density at radius 3 is 2.82 bits per heavy atom. The summed E-state index contributed by atoms with van der Waals surface area (Å²) in [7, 11) is 0. The molecule has 4 rings (SSSR count). The van der Waals surface area contributed by atoms with Crippen LogP contribution in [0, 0.1) is 6.92 Å². The third kappa shape index (κ3) is 3.88. The lowest BCUT2D eigenvalue weighted by molar-refractivity contribution is 0.0928. The van der Waals surface area contributed by atoms with Gasteiger partial charge in [0.05, 0.1) is 23.7 Å². The van der Waals surface area contributed by atoms with E-state index in [1.807, 2.05) is 43.3 Å². The minimum absolute atomic E-state index is 0.0295. The minimum atomic E-state index is -0.227. The first kappa shape index (κ1) is 18.9. The SMILES string of the molecule is Cc1c(C(=O)NCC(c2ccco2)N2CCCC2)nnn1-c1cccc(Br)c1. The average Bonchev–Trinajstić information content (AvgIpc) is 3.44. The van der Waals surface area contributed by atoms with Crippen LogP contribution in [0.1, 0.15) is 40.8 Å². The van der Waals surface area contributed by atoms with Crippen molar-refractivity contribution in [3.8, 4) is 5.69 Å². The molecule has 0 radical (unpaired) electrons. The molecule has 2 aromatic heterocycles. The molecular formula is C20H22BrN5O2. The topological polar surface area (TPSA) is 76.2 Å². The quantitative estimate of drug-likeness (QED) is 0.630. The number of furan rings is 1. The third-order valence-corrected chi connectivity index (χ3v) is 5.56. The molecule has 28 heavy (non-hydrogen) atoms. The Morgan fingerprint density at radius 1 is 1.29 bits per heavy atom. The molecule has 1 unspecified atom stereocenters. The van der Waals surface area contributed by atoms with Crippen molar-refractivity contribution in [1.29, 1.82) is 0 Å². The molecule has 1 aromatic carbocycles. The van der Waals surface area contributed by atoms with Crippen LogP contribution in [-0.2, 0) is 0 Å². The summed E-state index contributed by atoms with van der Waals surface area (Å²) in [4.78, 5) is 15.1. The van der Waals surface area contributed by atoms with Crippen LogP contribution in [0.4, 0.5) is 0 Å². The zero-order valence-corrected chi connectivity index (χ0v) is 17.2. The van der Waals surface area contributed by atoms with Crippen LogP contribution < -0.4 is 5.32 Å². The lowest BCUT2D eigenvalue weighted by atomic mass is 10.2. The van der Waals surface area contributed by atoms with Crippen molar-refractivity contribution < 1.29 is 9.21 Å². The maximum atomic E-state index is 12.8. The molecule has 8 heteroatoms. The van der Waals surface area contributed by atoms with Crippen LogP contribution in [0.2, 0.25) is 0 Å². The van der Waals surface area contributed by atoms with Gasteiger partial charge in [-0.05, 0) is 63.2 Å². The fraction of sp³-hybridized carbons (Fsp3) is 0.350. The Kier molecular flexibility index (Phi) is 5.59. The van der Waals surface area contributed by atoms with Gasteiger partial charge in [-0.3, -0.25) is 9.69 Å². The lowest BCUT2D eigenvalue weighted by Gasteiger charge is -2.25. The van der Waals surface area contributed by atoms with E-state index in [9.17, 15) is 4.79 Å². The molecule has 0 saturated carbocycles. The number of rotatable bonds is 6. The van der Waals surface area contributed by atoms with Gasteiger partial charge in [0, 0.05) is 11.0 Å². The lowest BCUT2D eigenvalue weighted by Crippen LogP contribution is -2.37. The Labute approximate surface area is 171 Å². The van der Waals surface area contributed by atoms with Crippen molar-refractivity contribution in [2.45, 2.75) is 25.8 Å². The summed E-state index contributed by atoms with van der Waals surface area (Å²) in [6.07, 6.45) is 4.02. The monoisotopic (exact) mass is 443 g/mol. The molecule has 1 amide bonds. The first-order valence-corrected chi connectivity index (χ1v) is 10.2. The van der Waals surface area contributed by atoms with E-state index >= 15 is 0 Å². The first-order chi connectivity index (χ1) is 13.6. The van der Waals surface area contributed by atoms with Crippen molar-refractivity contribution >= 4 is 21.8 Å². The van der Waals surface area contributed by atoms with Gasteiger partial charge in [0.15, 0.2) is 5.69 Å². The van der Waals surface area contributed by atoms with E-state index < -0.39 is 0 Å². The molecule has 1 aliphatic rings. The highest BCUT2D eigenvalue weighted by atomic mass is 79.9. The van der Waals surface area contributed by atoms with Gasteiger partial charge in [-0.1, -0.05) is 27.2 Å². The van der Waals surface area contributed by atoms with Crippen LogP contribution in [-0.4, -0.2) is 45.4 Å². The highest BCUT2D eigenvalue weighted by molar-refractivity contribution is 9.10. The number of likely N-dealkylation sites (tertiary alicyclic amines) is 1. The molecule has 1 aliphatic heterocycles. The predicted octanol–water partition coefficient (Wildman–Crippen LogP) is 3.50. The molecule has 146 valence electrons. The Hall–Kier alpha value is -2.45. The molecular weight excluding hydrogens is 422 g/mol. The molecule has 3 heterocycles. The van der Waals surface area contributed by atoms with Gasteiger partial charge >= 0.3 is 0 Å². The van der Waals surface area contributed by atoms with E-state index in [1.54, 1.807) is 10.9 Å². The number of amides is 1. The van der Waals surface area contributed by atoms with Crippen LogP contribution in [0.25, 0.3) is 5.69 Å². The number of aromatic nitrogens is 3. The van der Waals surface area contributed by atoms with E-state index in [0.29, 0.717) is 17.9 Å². The zero-order chi connectivity index (χ0) is 19.5. The maximum Gasteiger partial charge on any atom is 0.273 e. The second-order valence-corrected chi connectivity index (χ2v) is 7.82. The molecule has 1 atom stereocenters. The summed E-state index contributed by atoms with van der Waals surface area (Å²) < 4.78 is 8.23. The van der Waals surface area contributed by atoms with Crippen molar-refractivity contribution in [2.75, 3.05) is 19.6 Å². The van der Waals surface area contributed by atoms with Crippen molar-refractivity contribution in [3.63, 3.8) is 0 Å². The minimum Gasteiger partial charge on any atom is -0.468 e. The number of carbonyl (C=O) groups is 1. The van der Waals surface area contributed by atoms with Crippen LogP contribution in [0.5, 0.6) is 0 Å². The molecule has 0 aliphatic carbocycles. The van der Waals surface area contributed by atoms with Crippen molar-refractivity contribution in [1.82, 2.24) is 25.2 Å². The molecule has 1 N–H and O–H groups in total. The third-order valence-electron chi connectivity index (χ3n) is 5.07. The number of hydrogen-bond donors (Lipinski definition) is 1. The summed E-state index contributed by atoms with van der Waals surface area (Å²) >= 11 is 3.46. The van der Waals surface area contributed by atoms with Gasteiger partial charge in [0.25, 0.3) is 5.91 Å². The Bertz CT molecular complexity index is 947.